The van der Waals surface area contributed by atoms with Gasteiger partial charge in [-0.15, -0.1) is 0 Å². The van der Waals surface area contributed by atoms with Crippen LogP contribution in [0.4, 0.5) is 0 Å². The summed E-state index contributed by atoms with van der Waals surface area (Å²) in [4.78, 5) is 11.3. The molecule has 0 amide bonds. The number of rotatable bonds is 4. The van der Waals surface area contributed by atoms with Crippen LogP contribution in [0.5, 0.6) is 0 Å². The highest BCUT2D eigenvalue weighted by Gasteiger charge is 2.06. The van der Waals surface area contributed by atoms with Gasteiger partial charge in [-0.05, 0) is 38.1 Å². The van der Waals surface area contributed by atoms with E-state index in [4.69, 9.17) is 0 Å². The Hall–Kier alpha value is -1.35. The van der Waals surface area contributed by atoms with E-state index in [1.54, 1.807) is 6.07 Å². The van der Waals surface area contributed by atoms with Crippen LogP contribution in [-0.4, -0.2) is 26.2 Å². The van der Waals surface area contributed by atoms with E-state index >= 15 is 0 Å². The molecule has 0 radical (unpaired) electrons. The summed E-state index contributed by atoms with van der Waals surface area (Å²) in [6, 6.07) is 7.93. The molecule has 1 N–H and O–H groups in total. The summed E-state index contributed by atoms with van der Waals surface area (Å²) in [5.41, 5.74) is 1.75. The lowest BCUT2D eigenvalue weighted by Gasteiger charge is -2.10. The van der Waals surface area contributed by atoms with Crippen LogP contribution in [0.15, 0.2) is 24.3 Å². The zero-order valence-corrected chi connectivity index (χ0v) is 9.41. The fraction of sp³-hybridized carbons (Fsp3) is 0.417. The number of esters is 1. The summed E-state index contributed by atoms with van der Waals surface area (Å²) in [6.45, 7) is 2.10. The van der Waals surface area contributed by atoms with Gasteiger partial charge in [0.05, 0.1) is 12.7 Å². The number of nitrogens with one attached hydrogen (secondary N) is 1. The third-order valence-electron chi connectivity index (χ3n) is 2.38. The molecule has 15 heavy (non-hydrogen) atoms. The molecule has 1 rings (SSSR count). The molecule has 0 aliphatic heterocycles. The van der Waals surface area contributed by atoms with Gasteiger partial charge in [0.1, 0.15) is 0 Å². The molecule has 1 unspecified atom stereocenters. The Morgan fingerprint density at radius 1 is 1.53 bits per heavy atom. The molecule has 0 saturated carbocycles. The van der Waals surface area contributed by atoms with Crippen LogP contribution in [0.2, 0.25) is 0 Å². The van der Waals surface area contributed by atoms with E-state index in [9.17, 15) is 4.79 Å². The van der Waals surface area contributed by atoms with Crippen molar-refractivity contribution in [3.63, 3.8) is 0 Å². The largest absolute Gasteiger partial charge is 0.465 e. The lowest BCUT2D eigenvalue weighted by molar-refractivity contribution is 0.0600. The first-order valence-corrected chi connectivity index (χ1v) is 5.02. The minimum Gasteiger partial charge on any atom is -0.465 e. The first-order valence-electron chi connectivity index (χ1n) is 5.02. The normalized spacial score (nSPS) is 12.2. The average Bonchev–Trinajstić information content (AvgIpc) is 2.28. The summed E-state index contributed by atoms with van der Waals surface area (Å²) in [5, 5.41) is 3.16. The molecule has 1 aromatic carbocycles. The number of hydrogen-bond donors (Lipinski definition) is 1. The number of carbonyl (C=O) groups excluding carboxylic acids is 1. The van der Waals surface area contributed by atoms with Gasteiger partial charge in [0.15, 0.2) is 0 Å². The minimum absolute atomic E-state index is 0.283. The summed E-state index contributed by atoms with van der Waals surface area (Å²) in [7, 11) is 3.32. The lowest BCUT2D eigenvalue weighted by Crippen LogP contribution is -2.23. The number of benzene rings is 1. The van der Waals surface area contributed by atoms with Crippen molar-refractivity contribution >= 4 is 5.97 Å². The second-order valence-electron chi connectivity index (χ2n) is 3.59. The first kappa shape index (κ1) is 11.7. The second-order valence-corrected chi connectivity index (χ2v) is 3.59. The van der Waals surface area contributed by atoms with Crippen molar-refractivity contribution in [1.82, 2.24) is 5.32 Å². The van der Waals surface area contributed by atoms with Gasteiger partial charge >= 0.3 is 5.97 Å². The van der Waals surface area contributed by atoms with Crippen molar-refractivity contribution < 1.29 is 9.53 Å². The highest BCUT2D eigenvalue weighted by molar-refractivity contribution is 5.89. The molecular formula is C12H17NO2. The minimum atomic E-state index is -0.283. The van der Waals surface area contributed by atoms with Gasteiger partial charge in [0.2, 0.25) is 0 Å². The van der Waals surface area contributed by atoms with Crippen LogP contribution in [-0.2, 0) is 11.2 Å². The van der Waals surface area contributed by atoms with Gasteiger partial charge < -0.3 is 10.1 Å². The first-order chi connectivity index (χ1) is 7.17. The average molecular weight is 207 g/mol. The van der Waals surface area contributed by atoms with Crippen molar-refractivity contribution in [3.8, 4) is 0 Å². The Kier molecular flexibility index (Phi) is 4.31. The molecule has 0 spiro atoms. The van der Waals surface area contributed by atoms with Crippen LogP contribution in [0.25, 0.3) is 0 Å². The third kappa shape index (κ3) is 3.36. The Balaban J connectivity index is 2.78. The smallest absolute Gasteiger partial charge is 0.337 e. The maximum atomic E-state index is 11.3. The van der Waals surface area contributed by atoms with Crippen molar-refractivity contribution in [3.05, 3.63) is 35.4 Å². The van der Waals surface area contributed by atoms with E-state index in [0.29, 0.717) is 11.6 Å². The van der Waals surface area contributed by atoms with Crippen LogP contribution in [0.1, 0.15) is 22.8 Å². The number of hydrogen-bond acceptors (Lipinski definition) is 3. The van der Waals surface area contributed by atoms with Gasteiger partial charge in [0.25, 0.3) is 0 Å². The molecular weight excluding hydrogens is 190 g/mol. The predicted molar refractivity (Wildman–Crippen MR) is 60.0 cm³/mol. The van der Waals surface area contributed by atoms with E-state index in [1.165, 1.54) is 7.11 Å². The topological polar surface area (TPSA) is 38.3 Å². The highest BCUT2D eigenvalue weighted by Crippen LogP contribution is 2.08. The highest BCUT2D eigenvalue weighted by atomic mass is 16.5. The van der Waals surface area contributed by atoms with Gasteiger partial charge in [-0.25, -0.2) is 4.79 Å². The molecule has 0 fully saturated rings. The van der Waals surface area contributed by atoms with Crippen LogP contribution < -0.4 is 5.32 Å². The van der Waals surface area contributed by atoms with Gasteiger partial charge in [-0.3, -0.25) is 0 Å². The summed E-state index contributed by atoms with van der Waals surface area (Å²) in [6.07, 6.45) is 0.904. The predicted octanol–water partition coefficient (Wildman–Crippen LogP) is 1.62. The molecule has 0 saturated heterocycles. The fourth-order valence-corrected chi connectivity index (χ4v) is 1.40. The Labute approximate surface area is 90.4 Å². The molecule has 0 aliphatic rings. The monoisotopic (exact) mass is 207 g/mol. The summed E-state index contributed by atoms with van der Waals surface area (Å²) < 4.78 is 4.67. The molecule has 0 aliphatic carbocycles. The van der Waals surface area contributed by atoms with E-state index in [0.717, 1.165) is 12.0 Å². The Morgan fingerprint density at radius 2 is 2.27 bits per heavy atom. The van der Waals surface area contributed by atoms with Crippen molar-refractivity contribution in [2.75, 3.05) is 14.2 Å². The molecule has 0 bridgehead atoms. The standard InChI is InChI=1S/C12H17NO2/c1-9(13-2)7-10-5-4-6-11(8-10)12(14)15-3/h4-6,8-9,13H,7H2,1-3H3. The maximum Gasteiger partial charge on any atom is 0.337 e. The van der Waals surface area contributed by atoms with E-state index in [1.807, 2.05) is 25.2 Å². The van der Waals surface area contributed by atoms with Crippen molar-refractivity contribution in [2.24, 2.45) is 0 Å². The molecule has 3 heteroatoms. The van der Waals surface area contributed by atoms with Crippen LogP contribution in [0.3, 0.4) is 0 Å². The van der Waals surface area contributed by atoms with Gasteiger partial charge in [0, 0.05) is 6.04 Å². The summed E-state index contributed by atoms with van der Waals surface area (Å²) in [5.74, 6) is -0.283. The zero-order valence-electron chi connectivity index (χ0n) is 9.41. The molecule has 0 heterocycles. The van der Waals surface area contributed by atoms with E-state index in [2.05, 4.69) is 17.0 Å². The quantitative estimate of drug-likeness (QED) is 0.762. The number of ether oxygens (including phenoxy) is 1. The SMILES string of the molecule is CNC(C)Cc1cccc(C(=O)OC)c1. The maximum absolute atomic E-state index is 11.3. The number of likely N-dealkylation sites (N-methyl/N-ethyl adjacent to an activating group) is 1. The summed E-state index contributed by atoms with van der Waals surface area (Å²) >= 11 is 0. The van der Waals surface area contributed by atoms with Gasteiger partial charge in [-0.1, -0.05) is 12.1 Å². The number of methoxy groups -OCH3 is 1. The Morgan fingerprint density at radius 3 is 2.87 bits per heavy atom. The second kappa shape index (κ2) is 5.51. The molecule has 0 aromatic heterocycles. The molecule has 82 valence electrons. The van der Waals surface area contributed by atoms with E-state index < -0.39 is 0 Å². The van der Waals surface area contributed by atoms with E-state index in [-0.39, 0.29) is 5.97 Å². The third-order valence-corrected chi connectivity index (χ3v) is 2.38. The molecule has 1 atom stereocenters. The van der Waals surface area contributed by atoms with Gasteiger partial charge in [-0.2, -0.15) is 0 Å². The Bertz CT molecular complexity index is 336. The number of carbonyl (C=O) groups is 1. The molecule has 1 aromatic rings. The fourth-order valence-electron chi connectivity index (χ4n) is 1.40. The van der Waals surface area contributed by atoms with Crippen LogP contribution in [0, 0.1) is 0 Å². The zero-order chi connectivity index (χ0) is 11.3. The molecule has 3 nitrogen and oxygen atoms in total. The van der Waals surface area contributed by atoms with Crippen molar-refractivity contribution in [2.45, 2.75) is 19.4 Å². The van der Waals surface area contributed by atoms with Crippen LogP contribution >= 0.6 is 0 Å². The lowest BCUT2D eigenvalue weighted by atomic mass is 10.0. The van der Waals surface area contributed by atoms with Crippen molar-refractivity contribution in [1.29, 1.82) is 0 Å².